The molecule has 0 aliphatic rings. The van der Waals surface area contributed by atoms with Gasteiger partial charge in [0.1, 0.15) is 5.75 Å². The quantitative estimate of drug-likeness (QED) is 0.659. The Balaban J connectivity index is 2.83. The summed E-state index contributed by atoms with van der Waals surface area (Å²) in [5, 5.41) is 0. The van der Waals surface area contributed by atoms with Gasteiger partial charge in [-0.2, -0.15) is 0 Å². The number of pyridine rings is 1. The molecule has 0 aliphatic carbocycles. The van der Waals surface area contributed by atoms with E-state index in [1.165, 1.54) is 5.56 Å². The zero-order valence-corrected chi connectivity index (χ0v) is 7.00. The van der Waals surface area contributed by atoms with Crippen LogP contribution in [0.2, 0.25) is 0 Å². The fourth-order valence-electron chi connectivity index (χ4n) is 1.07. The van der Waals surface area contributed by atoms with Gasteiger partial charge < -0.3 is 4.74 Å². The Hall–Kier alpha value is -1.05. The van der Waals surface area contributed by atoms with Crippen LogP contribution in [-0.2, 0) is 6.42 Å². The third kappa shape index (κ3) is 1.93. The number of nitrogens with zero attached hydrogens (tertiary/aromatic N) is 1. The maximum atomic E-state index is 5.16. The topological polar surface area (TPSA) is 22.1 Å². The van der Waals surface area contributed by atoms with Gasteiger partial charge in [-0.15, -0.1) is 0 Å². The summed E-state index contributed by atoms with van der Waals surface area (Å²) >= 11 is 0. The molecule has 0 radical (unpaired) electrons. The van der Waals surface area contributed by atoms with Crippen molar-refractivity contribution in [3.63, 3.8) is 0 Å². The van der Waals surface area contributed by atoms with Crippen LogP contribution in [0.3, 0.4) is 0 Å². The predicted molar refractivity (Wildman–Crippen MR) is 44.8 cm³/mol. The second-order valence-electron chi connectivity index (χ2n) is 2.44. The summed E-state index contributed by atoms with van der Waals surface area (Å²) in [5.41, 5.74) is 1.19. The van der Waals surface area contributed by atoms with Crippen molar-refractivity contribution in [2.24, 2.45) is 0 Å². The van der Waals surface area contributed by atoms with Gasteiger partial charge in [-0.3, -0.25) is 4.98 Å². The highest BCUT2D eigenvalue weighted by atomic mass is 16.5. The van der Waals surface area contributed by atoms with Gasteiger partial charge in [-0.25, -0.2) is 0 Å². The van der Waals surface area contributed by atoms with Gasteiger partial charge in [-0.05, 0) is 12.5 Å². The Labute approximate surface area is 67.2 Å². The Morgan fingerprint density at radius 3 is 3.00 bits per heavy atom. The average Bonchev–Trinajstić information content (AvgIpc) is 2.06. The highest BCUT2D eigenvalue weighted by Crippen LogP contribution is 2.16. The first-order valence-electron chi connectivity index (χ1n) is 3.85. The van der Waals surface area contributed by atoms with Crippen LogP contribution in [0, 0.1) is 0 Å². The molecule has 1 rings (SSSR count). The van der Waals surface area contributed by atoms with Gasteiger partial charge in [0.25, 0.3) is 0 Å². The molecule has 11 heavy (non-hydrogen) atoms. The highest BCUT2D eigenvalue weighted by Gasteiger charge is 1.98. The minimum absolute atomic E-state index is 0.946. The van der Waals surface area contributed by atoms with Crippen LogP contribution < -0.4 is 4.74 Å². The van der Waals surface area contributed by atoms with Crippen LogP contribution in [0.25, 0.3) is 0 Å². The van der Waals surface area contributed by atoms with E-state index in [1.54, 1.807) is 13.3 Å². The van der Waals surface area contributed by atoms with Crippen molar-refractivity contribution in [3.8, 4) is 5.75 Å². The maximum Gasteiger partial charge on any atom is 0.125 e. The van der Waals surface area contributed by atoms with E-state index >= 15 is 0 Å². The smallest absolute Gasteiger partial charge is 0.125 e. The van der Waals surface area contributed by atoms with Gasteiger partial charge in [0.2, 0.25) is 0 Å². The van der Waals surface area contributed by atoms with Crippen LogP contribution in [0.4, 0.5) is 0 Å². The van der Waals surface area contributed by atoms with Crippen molar-refractivity contribution in [3.05, 3.63) is 24.0 Å². The second kappa shape index (κ2) is 3.96. The van der Waals surface area contributed by atoms with Crippen LogP contribution in [0.1, 0.15) is 18.9 Å². The van der Waals surface area contributed by atoms with Crippen LogP contribution >= 0.6 is 0 Å². The van der Waals surface area contributed by atoms with Gasteiger partial charge in [0.15, 0.2) is 0 Å². The molecule has 1 aromatic heterocycles. The van der Waals surface area contributed by atoms with E-state index in [0.717, 1.165) is 18.6 Å². The Morgan fingerprint density at radius 1 is 1.55 bits per heavy atom. The summed E-state index contributed by atoms with van der Waals surface area (Å²) in [6.45, 7) is 2.15. The lowest BCUT2D eigenvalue weighted by atomic mass is 10.1. The van der Waals surface area contributed by atoms with E-state index < -0.39 is 0 Å². The Bertz CT molecular complexity index is 223. The van der Waals surface area contributed by atoms with E-state index in [2.05, 4.69) is 11.9 Å². The number of rotatable bonds is 3. The predicted octanol–water partition coefficient (Wildman–Crippen LogP) is 2.04. The Morgan fingerprint density at radius 2 is 2.36 bits per heavy atom. The molecular formula is C9H13NO. The van der Waals surface area contributed by atoms with Crippen molar-refractivity contribution in [1.29, 1.82) is 0 Å². The van der Waals surface area contributed by atoms with E-state index in [9.17, 15) is 0 Å². The molecule has 0 N–H and O–H groups in total. The number of hydrogen-bond donors (Lipinski definition) is 0. The lowest BCUT2D eigenvalue weighted by molar-refractivity contribution is 0.408. The number of hydrogen-bond acceptors (Lipinski definition) is 2. The first kappa shape index (κ1) is 8.05. The summed E-state index contributed by atoms with van der Waals surface area (Å²) in [5.74, 6) is 0.946. The van der Waals surface area contributed by atoms with Crippen molar-refractivity contribution >= 4 is 0 Å². The van der Waals surface area contributed by atoms with Gasteiger partial charge in [0, 0.05) is 18.0 Å². The third-order valence-corrected chi connectivity index (χ3v) is 1.60. The summed E-state index contributed by atoms with van der Waals surface area (Å²) in [4.78, 5) is 4.03. The summed E-state index contributed by atoms with van der Waals surface area (Å²) in [7, 11) is 1.69. The van der Waals surface area contributed by atoms with E-state index in [0.29, 0.717) is 0 Å². The molecule has 1 heterocycles. The molecule has 0 unspecified atom stereocenters. The van der Waals surface area contributed by atoms with Gasteiger partial charge >= 0.3 is 0 Å². The molecule has 1 aromatic rings. The first-order chi connectivity index (χ1) is 5.38. The van der Waals surface area contributed by atoms with Crippen molar-refractivity contribution in [2.75, 3.05) is 7.11 Å². The lowest BCUT2D eigenvalue weighted by Crippen LogP contribution is -1.91. The summed E-state index contributed by atoms with van der Waals surface area (Å²) < 4.78 is 5.16. The molecule has 2 nitrogen and oxygen atoms in total. The molecule has 0 fully saturated rings. The number of methoxy groups -OCH3 is 1. The monoisotopic (exact) mass is 151 g/mol. The van der Waals surface area contributed by atoms with E-state index in [-0.39, 0.29) is 0 Å². The summed E-state index contributed by atoms with van der Waals surface area (Å²) in [6, 6.07) is 1.89. The molecule has 0 atom stereocenters. The number of aromatic nitrogens is 1. The maximum absolute atomic E-state index is 5.16. The molecule has 0 aliphatic heterocycles. The van der Waals surface area contributed by atoms with E-state index in [4.69, 9.17) is 4.74 Å². The zero-order chi connectivity index (χ0) is 8.10. The normalized spacial score (nSPS) is 9.64. The number of ether oxygens (including phenoxy) is 1. The molecule has 60 valence electrons. The molecule has 2 heteroatoms. The summed E-state index contributed by atoms with van der Waals surface area (Å²) in [6.07, 6.45) is 5.78. The van der Waals surface area contributed by atoms with Crippen molar-refractivity contribution in [1.82, 2.24) is 4.98 Å². The molecule has 0 saturated carbocycles. The number of aryl methyl sites for hydroxylation is 1. The molecule has 0 aromatic carbocycles. The SMILES string of the molecule is CCCc1cnccc1OC. The standard InChI is InChI=1S/C9H13NO/c1-3-4-8-7-10-6-5-9(8)11-2/h5-7H,3-4H2,1-2H3. The Kier molecular flexibility index (Phi) is 2.90. The van der Waals surface area contributed by atoms with Gasteiger partial charge in [0.05, 0.1) is 7.11 Å². The first-order valence-corrected chi connectivity index (χ1v) is 3.85. The fourth-order valence-corrected chi connectivity index (χ4v) is 1.07. The molecular weight excluding hydrogens is 138 g/mol. The van der Waals surface area contributed by atoms with Crippen LogP contribution in [-0.4, -0.2) is 12.1 Å². The third-order valence-electron chi connectivity index (χ3n) is 1.60. The van der Waals surface area contributed by atoms with Crippen LogP contribution in [0.5, 0.6) is 5.75 Å². The highest BCUT2D eigenvalue weighted by molar-refractivity contribution is 5.29. The zero-order valence-electron chi connectivity index (χ0n) is 7.00. The molecule has 0 spiro atoms. The van der Waals surface area contributed by atoms with E-state index in [1.807, 2.05) is 12.3 Å². The van der Waals surface area contributed by atoms with Gasteiger partial charge in [-0.1, -0.05) is 13.3 Å². The minimum atomic E-state index is 0.946. The van der Waals surface area contributed by atoms with Crippen molar-refractivity contribution in [2.45, 2.75) is 19.8 Å². The molecule has 0 amide bonds. The molecule has 0 saturated heterocycles. The fraction of sp³-hybridized carbons (Fsp3) is 0.444. The van der Waals surface area contributed by atoms with Crippen LogP contribution in [0.15, 0.2) is 18.5 Å². The minimum Gasteiger partial charge on any atom is -0.496 e. The molecule has 0 bridgehead atoms. The second-order valence-corrected chi connectivity index (χ2v) is 2.44. The lowest BCUT2D eigenvalue weighted by Gasteiger charge is -2.04. The van der Waals surface area contributed by atoms with Crippen molar-refractivity contribution < 1.29 is 4.74 Å². The largest absolute Gasteiger partial charge is 0.496 e. The average molecular weight is 151 g/mol.